The fraction of sp³-hybridized carbons (Fsp3) is 0.143. The Labute approximate surface area is 257 Å². The van der Waals surface area contributed by atoms with Gasteiger partial charge in [0.15, 0.2) is 0 Å². The maximum Gasteiger partial charge on any atom is 0.0467 e. The summed E-state index contributed by atoms with van der Waals surface area (Å²) in [6.45, 7) is 13.2. The molecule has 0 heterocycles. The van der Waals surface area contributed by atoms with Gasteiger partial charge in [0, 0.05) is 17.1 Å². The highest BCUT2D eigenvalue weighted by molar-refractivity contribution is 5.86. The second kappa shape index (κ2) is 11.8. The van der Waals surface area contributed by atoms with Gasteiger partial charge in [0.05, 0.1) is 0 Å². The van der Waals surface area contributed by atoms with Gasteiger partial charge >= 0.3 is 0 Å². The summed E-state index contributed by atoms with van der Waals surface area (Å²) in [4.78, 5) is 2.42. The Morgan fingerprint density at radius 3 is 0.814 bits per heavy atom. The van der Waals surface area contributed by atoms with E-state index in [0.717, 1.165) is 17.1 Å². The standard InChI is InChI=1S/C42H39N/c1-28-13-7-10-16-37(28)40-25-34(22-19-31(40)4)43(35-23-20-32(5)41(26-35)38-17-11-8-14-29(38)2)36-24-21-33(6)42(27-36)39-18-12-9-15-30(39)3/h7-27H,1-6H3. The van der Waals surface area contributed by atoms with E-state index in [1.54, 1.807) is 0 Å². The van der Waals surface area contributed by atoms with Crippen LogP contribution in [0.15, 0.2) is 127 Å². The van der Waals surface area contributed by atoms with Crippen LogP contribution in [-0.4, -0.2) is 0 Å². The van der Waals surface area contributed by atoms with E-state index in [1.165, 1.54) is 66.8 Å². The molecule has 1 nitrogen and oxygen atoms in total. The second-order valence-corrected chi connectivity index (χ2v) is 11.8. The molecule has 0 bridgehead atoms. The summed E-state index contributed by atoms with van der Waals surface area (Å²) >= 11 is 0. The summed E-state index contributed by atoms with van der Waals surface area (Å²) in [5.74, 6) is 0. The number of nitrogens with zero attached hydrogens (tertiary/aromatic N) is 1. The first-order valence-corrected chi connectivity index (χ1v) is 15.1. The first-order chi connectivity index (χ1) is 20.8. The van der Waals surface area contributed by atoms with Crippen LogP contribution in [0.2, 0.25) is 0 Å². The van der Waals surface area contributed by atoms with Crippen molar-refractivity contribution in [3.63, 3.8) is 0 Å². The van der Waals surface area contributed by atoms with Gasteiger partial charge in [-0.25, -0.2) is 0 Å². The van der Waals surface area contributed by atoms with Gasteiger partial charge in [-0.1, -0.05) is 91.0 Å². The molecule has 0 spiro atoms. The van der Waals surface area contributed by atoms with Gasteiger partial charge in [0.1, 0.15) is 0 Å². The summed E-state index contributed by atoms with van der Waals surface area (Å²) in [6, 6.07) is 46.7. The lowest BCUT2D eigenvalue weighted by atomic mass is 9.93. The molecule has 0 aliphatic heterocycles. The minimum absolute atomic E-state index is 1.14. The van der Waals surface area contributed by atoms with Crippen molar-refractivity contribution in [2.24, 2.45) is 0 Å². The third kappa shape index (κ3) is 5.51. The summed E-state index contributed by atoms with van der Waals surface area (Å²) < 4.78 is 0. The first-order valence-electron chi connectivity index (χ1n) is 15.1. The fourth-order valence-electron chi connectivity index (χ4n) is 6.19. The predicted molar refractivity (Wildman–Crippen MR) is 186 cm³/mol. The maximum absolute atomic E-state index is 2.42. The van der Waals surface area contributed by atoms with E-state index in [-0.39, 0.29) is 0 Å². The molecule has 1 heteroatoms. The molecule has 43 heavy (non-hydrogen) atoms. The van der Waals surface area contributed by atoms with Gasteiger partial charge < -0.3 is 4.90 Å². The van der Waals surface area contributed by atoms with E-state index < -0.39 is 0 Å². The van der Waals surface area contributed by atoms with Crippen molar-refractivity contribution in [1.29, 1.82) is 0 Å². The quantitative estimate of drug-likeness (QED) is 0.197. The minimum Gasteiger partial charge on any atom is -0.310 e. The van der Waals surface area contributed by atoms with Crippen molar-refractivity contribution in [3.8, 4) is 33.4 Å². The topological polar surface area (TPSA) is 3.24 Å². The van der Waals surface area contributed by atoms with Crippen LogP contribution in [0.5, 0.6) is 0 Å². The van der Waals surface area contributed by atoms with Crippen LogP contribution in [0.25, 0.3) is 33.4 Å². The summed E-state index contributed by atoms with van der Waals surface area (Å²) in [5.41, 5.74) is 18.7. The number of anilines is 3. The minimum atomic E-state index is 1.14. The molecule has 6 aromatic carbocycles. The zero-order chi connectivity index (χ0) is 30.1. The number of aryl methyl sites for hydroxylation is 6. The maximum atomic E-state index is 2.42. The first kappa shape index (κ1) is 28.2. The van der Waals surface area contributed by atoms with Crippen LogP contribution in [0, 0.1) is 41.5 Å². The van der Waals surface area contributed by atoms with E-state index in [9.17, 15) is 0 Å². The van der Waals surface area contributed by atoms with Crippen LogP contribution < -0.4 is 4.90 Å². The van der Waals surface area contributed by atoms with Crippen LogP contribution >= 0.6 is 0 Å². The Hall–Kier alpha value is -4.88. The molecular weight excluding hydrogens is 518 g/mol. The number of benzene rings is 6. The van der Waals surface area contributed by atoms with Crippen LogP contribution in [0.3, 0.4) is 0 Å². The zero-order valence-corrected chi connectivity index (χ0v) is 26.1. The Kier molecular flexibility index (Phi) is 7.74. The number of rotatable bonds is 6. The molecule has 212 valence electrons. The Balaban J connectivity index is 1.60. The Bertz CT molecular complexity index is 1720. The molecule has 0 saturated carbocycles. The van der Waals surface area contributed by atoms with Gasteiger partial charge in [0.25, 0.3) is 0 Å². The van der Waals surface area contributed by atoms with E-state index in [4.69, 9.17) is 0 Å². The van der Waals surface area contributed by atoms with Crippen molar-refractivity contribution in [3.05, 3.63) is 161 Å². The molecule has 6 rings (SSSR count). The lowest BCUT2D eigenvalue weighted by molar-refractivity contribution is 1.26. The lowest BCUT2D eigenvalue weighted by Gasteiger charge is -2.28. The van der Waals surface area contributed by atoms with E-state index in [0.29, 0.717) is 0 Å². The van der Waals surface area contributed by atoms with Crippen molar-refractivity contribution in [2.75, 3.05) is 4.90 Å². The monoisotopic (exact) mass is 557 g/mol. The number of hydrogen-bond donors (Lipinski definition) is 0. The molecule has 0 fully saturated rings. The van der Waals surface area contributed by atoms with E-state index in [2.05, 4.69) is 174 Å². The summed E-state index contributed by atoms with van der Waals surface area (Å²) in [6.07, 6.45) is 0. The molecule has 0 saturated heterocycles. The van der Waals surface area contributed by atoms with Gasteiger partial charge in [-0.3, -0.25) is 0 Å². The van der Waals surface area contributed by atoms with Crippen LogP contribution in [0.4, 0.5) is 17.1 Å². The Morgan fingerprint density at radius 2 is 0.535 bits per heavy atom. The van der Waals surface area contributed by atoms with Crippen molar-refractivity contribution in [2.45, 2.75) is 41.5 Å². The van der Waals surface area contributed by atoms with Crippen molar-refractivity contribution in [1.82, 2.24) is 0 Å². The van der Waals surface area contributed by atoms with Crippen molar-refractivity contribution >= 4 is 17.1 Å². The molecule has 0 aliphatic rings. The third-order valence-electron chi connectivity index (χ3n) is 8.74. The molecule has 0 aliphatic carbocycles. The average molecular weight is 558 g/mol. The van der Waals surface area contributed by atoms with Gasteiger partial charge in [-0.2, -0.15) is 0 Å². The molecule has 6 aromatic rings. The SMILES string of the molecule is Cc1ccccc1-c1cc(N(c2ccc(C)c(-c3ccccc3C)c2)c2ccc(C)c(-c3ccccc3C)c2)ccc1C. The second-order valence-electron chi connectivity index (χ2n) is 11.8. The average Bonchev–Trinajstić information content (AvgIpc) is 3.01. The van der Waals surface area contributed by atoms with Crippen LogP contribution in [-0.2, 0) is 0 Å². The highest BCUT2D eigenvalue weighted by Gasteiger charge is 2.19. The third-order valence-corrected chi connectivity index (χ3v) is 8.74. The molecule has 0 atom stereocenters. The molecule has 0 N–H and O–H groups in total. The highest BCUT2D eigenvalue weighted by Crippen LogP contribution is 2.42. The largest absolute Gasteiger partial charge is 0.310 e. The normalized spacial score (nSPS) is 11.0. The summed E-state index contributed by atoms with van der Waals surface area (Å²) in [5, 5.41) is 0. The Morgan fingerprint density at radius 1 is 0.279 bits per heavy atom. The van der Waals surface area contributed by atoms with E-state index >= 15 is 0 Å². The fourth-order valence-corrected chi connectivity index (χ4v) is 6.19. The van der Waals surface area contributed by atoms with Gasteiger partial charge in [-0.05, 0) is 145 Å². The smallest absolute Gasteiger partial charge is 0.0467 e. The van der Waals surface area contributed by atoms with Gasteiger partial charge in [0.2, 0.25) is 0 Å². The van der Waals surface area contributed by atoms with Crippen molar-refractivity contribution < 1.29 is 0 Å². The molecule has 0 radical (unpaired) electrons. The number of hydrogen-bond acceptors (Lipinski definition) is 1. The van der Waals surface area contributed by atoms with Gasteiger partial charge in [-0.15, -0.1) is 0 Å². The highest BCUT2D eigenvalue weighted by atomic mass is 15.1. The van der Waals surface area contributed by atoms with E-state index in [1.807, 2.05) is 0 Å². The zero-order valence-electron chi connectivity index (χ0n) is 26.1. The predicted octanol–water partition coefficient (Wildman–Crippen LogP) is 12.0. The molecule has 0 unspecified atom stereocenters. The molecule has 0 aromatic heterocycles. The lowest BCUT2D eigenvalue weighted by Crippen LogP contribution is -2.11. The summed E-state index contributed by atoms with van der Waals surface area (Å²) in [7, 11) is 0. The molecular formula is C42H39N. The molecule has 0 amide bonds. The van der Waals surface area contributed by atoms with Crippen LogP contribution in [0.1, 0.15) is 33.4 Å².